The highest BCUT2D eigenvalue weighted by Gasteiger charge is 2.18. The Kier molecular flexibility index (Phi) is 6.32. The second kappa shape index (κ2) is 9.08. The molecule has 0 fully saturated rings. The van der Waals surface area contributed by atoms with E-state index in [-0.39, 0.29) is 5.91 Å². The van der Waals surface area contributed by atoms with Crippen LogP contribution in [0.5, 0.6) is 0 Å². The van der Waals surface area contributed by atoms with Gasteiger partial charge >= 0.3 is 0 Å². The van der Waals surface area contributed by atoms with Crippen molar-refractivity contribution in [1.82, 2.24) is 15.0 Å². The van der Waals surface area contributed by atoms with Gasteiger partial charge in [0.25, 0.3) is 5.91 Å². The van der Waals surface area contributed by atoms with E-state index in [0.717, 1.165) is 30.0 Å². The predicted molar refractivity (Wildman–Crippen MR) is 112 cm³/mol. The zero-order valence-electron chi connectivity index (χ0n) is 16.5. The van der Waals surface area contributed by atoms with Crippen LogP contribution in [-0.4, -0.2) is 41.0 Å². The van der Waals surface area contributed by atoms with Gasteiger partial charge in [-0.2, -0.15) is 0 Å². The Labute approximate surface area is 165 Å². The highest BCUT2D eigenvalue weighted by atomic mass is 16.2. The van der Waals surface area contributed by atoms with Gasteiger partial charge in [0.1, 0.15) is 11.5 Å². The molecular formula is C22H25N5O. The number of aryl methyl sites for hydroxylation is 1. The lowest BCUT2D eigenvalue weighted by molar-refractivity contribution is 0.0983. The minimum Gasteiger partial charge on any atom is -0.358 e. The van der Waals surface area contributed by atoms with Gasteiger partial charge in [0, 0.05) is 38.2 Å². The topological polar surface area (TPSA) is 62.2 Å². The minimum atomic E-state index is -0.147. The van der Waals surface area contributed by atoms with Gasteiger partial charge in [-0.15, -0.1) is 0 Å². The van der Waals surface area contributed by atoms with Crippen LogP contribution in [0.4, 0.5) is 11.5 Å². The largest absolute Gasteiger partial charge is 0.358 e. The maximum Gasteiger partial charge on any atom is 0.278 e. The first kappa shape index (κ1) is 19.5. The second-order valence-electron chi connectivity index (χ2n) is 6.68. The number of rotatable bonds is 7. The van der Waals surface area contributed by atoms with Crippen molar-refractivity contribution in [2.45, 2.75) is 20.3 Å². The Bertz CT molecular complexity index is 912. The number of pyridine rings is 1. The van der Waals surface area contributed by atoms with Gasteiger partial charge in [0.05, 0.1) is 12.4 Å². The van der Waals surface area contributed by atoms with Crippen molar-refractivity contribution in [3.05, 3.63) is 78.0 Å². The zero-order chi connectivity index (χ0) is 19.9. The average molecular weight is 375 g/mol. The van der Waals surface area contributed by atoms with E-state index in [9.17, 15) is 4.79 Å². The van der Waals surface area contributed by atoms with Gasteiger partial charge in [0.2, 0.25) is 0 Å². The molecule has 2 heterocycles. The summed E-state index contributed by atoms with van der Waals surface area (Å²) in [5, 5.41) is 0. The molecule has 0 saturated heterocycles. The van der Waals surface area contributed by atoms with Crippen LogP contribution < -0.4 is 9.80 Å². The first-order valence-electron chi connectivity index (χ1n) is 9.39. The average Bonchev–Trinajstić information content (AvgIpc) is 2.73. The summed E-state index contributed by atoms with van der Waals surface area (Å²) in [7, 11) is 1.97. The third-order valence-electron chi connectivity index (χ3n) is 4.61. The maximum atomic E-state index is 12.9. The van der Waals surface area contributed by atoms with Crippen LogP contribution in [0.25, 0.3) is 0 Å². The van der Waals surface area contributed by atoms with Crippen LogP contribution in [-0.2, 0) is 6.42 Å². The summed E-state index contributed by atoms with van der Waals surface area (Å²) in [5.74, 6) is 0.593. The molecule has 3 aromatic rings. The molecule has 0 aliphatic carbocycles. The van der Waals surface area contributed by atoms with E-state index >= 15 is 0 Å². The van der Waals surface area contributed by atoms with Crippen LogP contribution in [0.1, 0.15) is 28.5 Å². The van der Waals surface area contributed by atoms with Crippen LogP contribution in [0.2, 0.25) is 0 Å². The third-order valence-corrected chi connectivity index (χ3v) is 4.61. The van der Waals surface area contributed by atoms with E-state index in [0.29, 0.717) is 12.2 Å². The number of anilines is 2. The van der Waals surface area contributed by atoms with Crippen LogP contribution in [0.15, 0.2) is 61.2 Å². The lowest BCUT2D eigenvalue weighted by Crippen LogP contribution is -2.31. The number of amides is 1. The van der Waals surface area contributed by atoms with Gasteiger partial charge in [-0.1, -0.05) is 12.1 Å². The molecular weight excluding hydrogens is 350 g/mol. The fourth-order valence-corrected chi connectivity index (χ4v) is 2.97. The summed E-state index contributed by atoms with van der Waals surface area (Å²) in [4.78, 5) is 29.5. The Morgan fingerprint density at radius 1 is 1.07 bits per heavy atom. The standard InChI is InChI=1S/C22H25N5O/c1-4-27(19-7-5-6-17(2)14-19)22(28)20-15-25-21(16-24-20)26(3)13-10-18-8-11-23-12-9-18/h5-9,11-12,14-16H,4,10,13H2,1-3H3. The van der Waals surface area contributed by atoms with E-state index in [1.54, 1.807) is 29.7 Å². The Hall–Kier alpha value is -3.28. The van der Waals surface area contributed by atoms with Gasteiger partial charge in [0.15, 0.2) is 0 Å². The number of benzene rings is 1. The van der Waals surface area contributed by atoms with Crippen molar-refractivity contribution in [3.8, 4) is 0 Å². The first-order chi connectivity index (χ1) is 13.6. The second-order valence-corrected chi connectivity index (χ2v) is 6.68. The molecule has 3 rings (SSSR count). The SMILES string of the molecule is CCN(C(=O)c1cnc(N(C)CCc2ccncc2)cn1)c1cccc(C)c1. The number of aromatic nitrogens is 3. The van der Waals surface area contributed by atoms with Crippen LogP contribution in [0.3, 0.4) is 0 Å². The van der Waals surface area contributed by atoms with E-state index in [1.165, 1.54) is 5.56 Å². The molecule has 1 amide bonds. The number of carbonyl (C=O) groups is 1. The number of hydrogen-bond donors (Lipinski definition) is 0. The highest BCUT2D eigenvalue weighted by Crippen LogP contribution is 2.18. The van der Waals surface area contributed by atoms with E-state index < -0.39 is 0 Å². The summed E-state index contributed by atoms with van der Waals surface area (Å²) in [6.07, 6.45) is 7.69. The monoisotopic (exact) mass is 375 g/mol. The first-order valence-corrected chi connectivity index (χ1v) is 9.39. The number of nitrogens with zero attached hydrogens (tertiary/aromatic N) is 5. The summed E-state index contributed by atoms with van der Waals surface area (Å²) < 4.78 is 0. The summed E-state index contributed by atoms with van der Waals surface area (Å²) >= 11 is 0. The van der Waals surface area contributed by atoms with E-state index in [1.807, 2.05) is 62.2 Å². The highest BCUT2D eigenvalue weighted by molar-refractivity contribution is 6.04. The molecule has 0 atom stereocenters. The molecule has 0 spiro atoms. The molecule has 144 valence electrons. The lowest BCUT2D eigenvalue weighted by Gasteiger charge is -2.22. The third kappa shape index (κ3) is 4.71. The zero-order valence-corrected chi connectivity index (χ0v) is 16.5. The van der Waals surface area contributed by atoms with Crippen molar-refractivity contribution in [2.24, 2.45) is 0 Å². The Balaban J connectivity index is 1.68. The normalized spacial score (nSPS) is 10.5. The smallest absolute Gasteiger partial charge is 0.278 e. The fraction of sp³-hybridized carbons (Fsp3) is 0.273. The quantitative estimate of drug-likeness (QED) is 0.632. The van der Waals surface area contributed by atoms with Crippen molar-refractivity contribution >= 4 is 17.4 Å². The van der Waals surface area contributed by atoms with Crippen LogP contribution in [0, 0.1) is 6.92 Å². The molecule has 28 heavy (non-hydrogen) atoms. The van der Waals surface area contributed by atoms with Gasteiger partial charge in [-0.3, -0.25) is 9.78 Å². The summed E-state index contributed by atoms with van der Waals surface area (Å²) in [6, 6.07) is 11.9. The van der Waals surface area contributed by atoms with E-state index in [2.05, 4.69) is 15.0 Å². The molecule has 0 saturated carbocycles. The molecule has 0 N–H and O–H groups in total. The van der Waals surface area contributed by atoms with Gasteiger partial charge in [-0.05, 0) is 55.7 Å². The van der Waals surface area contributed by atoms with E-state index in [4.69, 9.17) is 0 Å². The molecule has 0 aliphatic rings. The van der Waals surface area contributed by atoms with Crippen molar-refractivity contribution in [1.29, 1.82) is 0 Å². The van der Waals surface area contributed by atoms with Gasteiger partial charge in [-0.25, -0.2) is 9.97 Å². The molecule has 2 aromatic heterocycles. The lowest BCUT2D eigenvalue weighted by atomic mass is 10.2. The molecule has 0 radical (unpaired) electrons. The number of likely N-dealkylation sites (N-methyl/N-ethyl adjacent to an activating group) is 1. The van der Waals surface area contributed by atoms with Gasteiger partial charge < -0.3 is 9.80 Å². The molecule has 6 heteroatoms. The van der Waals surface area contributed by atoms with Crippen LogP contribution >= 0.6 is 0 Å². The number of carbonyl (C=O) groups excluding carboxylic acids is 1. The molecule has 1 aromatic carbocycles. The van der Waals surface area contributed by atoms with Crippen molar-refractivity contribution < 1.29 is 4.79 Å². The molecule has 0 bridgehead atoms. The maximum absolute atomic E-state index is 12.9. The van der Waals surface area contributed by atoms with Crippen molar-refractivity contribution in [2.75, 3.05) is 29.9 Å². The predicted octanol–water partition coefficient (Wildman–Crippen LogP) is 3.53. The number of hydrogen-bond acceptors (Lipinski definition) is 5. The Morgan fingerprint density at radius 3 is 2.50 bits per heavy atom. The minimum absolute atomic E-state index is 0.147. The Morgan fingerprint density at radius 2 is 1.86 bits per heavy atom. The summed E-state index contributed by atoms with van der Waals surface area (Å²) in [5.41, 5.74) is 3.54. The molecule has 6 nitrogen and oxygen atoms in total. The fourth-order valence-electron chi connectivity index (χ4n) is 2.97. The summed E-state index contributed by atoms with van der Waals surface area (Å²) in [6.45, 7) is 5.33. The molecule has 0 aliphatic heterocycles. The van der Waals surface area contributed by atoms with Crippen molar-refractivity contribution in [3.63, 3.8) is 0 Å². The molecule has 0 unspecified atom stereocenters.